The van der Waals surface area contributed by atoms with E-state index in [1.807, 2.05) is 12.1 Å². The molecule has 0 spiro atoms. The largest absolute Gasteiger partial charge is 0.480 e. The zero-order chi connectivity index (χ0) is 16.4. The van der Waals surface area contributed by atoms with Crippen LogP contribution < -0.4 is 5.73 Å². The van der Waals surface area contributed by atoms with Crippen molar-refractivity contribution >= 4 is 5.97 Å². The minimum atomic E-state index is -1.10. The van der Waals surface area contributed by atoms with Crippen LogP contribution in [0.2, 0.25) is 0 Å². The molecule has 0 bridgehead atoms. The van der Waals surface area contributed by atoms with E-state index in [1.165, 1.54) is 22.3 Å². The van der Waals surface area contributed by atoms with Crippen molar-refractivity contribution in [3.05, 3.63) is 59.7 Å². The third-order valence-electron chi connectivity index (χ3n) is 4.62. The first-order valence-corrected chi connectivity index (χ1v) is 7.87. The zero-order valence-corrected chi connectivity index (χ0v) is 13.3. The Morgan fingerprint density at radius 3 is 2.52 bits per heavy atom. The Kier molecular flexibility index (Phi) is 4.20. The molecule has 1 aliphatic rings. The lowest BCUT2D eigenvalue weighted by Crippen LogP contribution is -2.50. The van der Waals surface area contributed by atoms with Crippen LogP contribution in [0.1, 0.15) is 17.5 Å². The second kappa shape index (κ2) is 6.14. The van der Waals surface area contributed by atoms with Gasteiger partial charge in [-0.25, -0.2) is 0 Å². The van der Waals surface area contributed by atoms with Gasteiger partial charge in [-0.1, -0.05) is 48.5 Å². The standard InChI is InChI=1S/C19H22N2O2/c1-14-4-2-3-5-17(14)16-8-6-15(7-9-16)12-21-11-10-19(20,13-21)18(22)23/h2-9H,10-13,20H2,1H3,(H,22,23)/t19-/m0/s1. The molecule has 0 aliphatic carbocycles. The maximum Gasteiger partial charge on any atom is 0.325 e. The Morgan fingerprint density at radius 1 is 1.22 bits per heavy atom. The summed E-state index contributed by atoms with van der Waals surface area (Å²) < 4.78 is 0. The molecule has 120 valence electrons. The Balaban J connectivity index is 1.70. The summed E-state index contributed by atoms with van der Waals surface area (Å²) in [5.41, 5.74) is 9.71. The highest BCUT2D eigenvalue weighted by Gasteiger charge is 2.40. The van der Waals surface area contributed by atoms with Crippen molar-refractivity contribution in [1.82, 2.24) is 4.90 Å². The molecule has 1 aliphatic heterocycles. The summed E-state index contributed by atoms with van der Waals surface area (Å²) in [6.07, 6.45) is 0.504. The number of aryl methyl sites for hydroxylation is 1. The Hall–Kier alpha value is -2.17. The summed E-state index contributed by atoms with van der Waals surface area (Å²) in [4.78, 5) is 13.3. The molecule has 23 heavy (non-hydrogen) atoms. The van der Waals surface area contributed by atoms with Gasteiger partial charge >= 0.3 is 5.97 Å². The van der Waals surface area contributed by atoms with Crippen molar-refractivity contribution in [3.8, 4) is 11.1 Å². The topological polar surface area (TPSA) is 66.6 Å². The van der Waals surface area contributed by atoms with Crippen LogP contribution in [0.5, 0.6) is 0 Å². The Morgan fingerprint density at radius 2 is 1.91 bits per heavy atom. The normalized spacial score (nSPS) is 21.5. The summed E-state index contributed by atoms with van der Waals surface area (Å²) in [5, 5.41) is 9.19. The zero-order valence-electron chi connectivity index (χ0n) is 13.3. The third kappa shape index (κ3) is 3.28. The van der Waals surface area contributed by atoms with E-state index in [0.29, 0.717) is 13.0 Å². The van der Waals surface area contributed by atoms with Gasteiger partial charge < -0.3 is 10.8 Å². The lowest BCUT2D eigenvalue weighted by Gasteiger charge is -2.20. The number of nitrogens with two attached hydrogens (primary N) is 1. The number of rotatable bonds is 4. The highest BCUT2D eigenvalue weighted by atomic mass is 16.4. The number of likely N-dealkylation sites (tertiary alicyclic amines) is 1. The van der Waals surface area contributed by atoms with Gasteiger partial charge in [-0.05, 0) is 35.6 Å². The average Bonchev–Trinajstić information content (AvgIpc) is 2.91. The molecule has 1 saturated heterocycles. The number of carboxylic acids is 1. The molecule has 1 atom stereocenters. The summed E-state index contributed by atoms with van der Waals surface area (Å²) in [6, 6.07) is 16.8. The maximum atomic E-state index is 11.2. The van der Waals surface area contributed by atoms with Crippen LogP contribution in [0, 0.1) is 6.92 Å². The van der Waals surface area contributed by atoms with Gasteiger partial charge in [0.05, 0.1) is 0 Å². The number of carboxylic acid groups (broad SMARTS) is 1. The quantitative estimate of drug-likeness (QED) is 0.911. The first kappa shape index (κ1) is 15.7. The fourth-order valence-corrected chi connectivity index (χ4v) is 3.17. The number of hydrogen-bond donors (Lipinski definition) is 2. The Labute approximate surface area is 136 Å². The van der Waals surface area contributed by atoms with Crippen molar-refractivity contribution in [3.63, 3.8) is 0 Å². The molecule has 1 fully saturated rings. The van der Waals surface area contributed by atoms with E-state index in [0.717, 1.165) is 13.1 Å². The molecule has 0 saturated carbocycles. The van der Waals surface area contributed by atoms with Gasteiger partial charge in [-0.3, -0.25) is 9.69 Å². The van der Waals surface area contributed by atoms with Crippen LogP contribution in [0.25, 0.3) is 11.1 Å². The molecule has 3 N–H and O–H groups in total. The molecule has 0 aromatic heterocycles. The smallest absolute Gasteiger partial charge is 0.325 e. The number of hydrogen-bond acceptors (Lipinski definition) is 3. The van der Waals surface area contributed by atoms with Crippen molar-refractivity contribution in [2.75, 3.05) is 13.1 Å². The van der Waals surface area contributed by atoms with E-state index < -0.39 is 11.5 Å². The first-order valence-electron chi connectivity index (χ1n) is 7.87. The minimum Gasteiger partial charge on any atom is -0.480 e. The van der Waals surface area contributed by atoms with Gasteiger partial charge in [0.25, 0.3) is 0 Å². The van der Waals surface area contributed by atoms with E-state index in [2.05, 4.69) is 48.2 Å². The Bertz CT molecular complexity index is 712. The molecular formula is C19H22N2O2. The summed E-state index contributed by atoms with van der Waals surface area (Å²) in [6.45, 7) is 3.98. The van der Waals surface area contributed by atoms with Crippen LogP contribution in [-0.2, 0) is 11.3 Å². The highest BCUT2D eigenvalue weighted by Crippen LogP contribution is 2.25. The van der Waals surface area contributed by atoms with Crippen LogP contribution in [0.15, 0.2) is 48.5 Å². The molecule has 2 aromatic carbocycles. The van der Waals surface area contributed by atoms with E-state index in [4.69, 9.17) is 5.73 Å². The third-order valence-corrected chi connectivity index (χ3v) is 4.62. The van der Waals surface area contributed by atoms with E-state index >= 15 is 0 Å². The van der Waals surface area contributed by atoms with E-state index in [1.54, 1.807) is 0 Å². The monoisotopic (exact) mass is 310 g/mol. The lowest BCUT2D eigenvalue weighted by molar-refractivity contribution is -0.142. The van der Waals surface area contributed by atoms with Crippen molar-refractivity contribution < 1.29 is 9.90 Å². The second-order valence-electron chi connectivity index (χ2n) is 6.43. The van der Waals surface area contributed by atoms with Crippen LogP contribution in [0.3, 0.4) is 0 Å². The molecular weight excluding hydrogens is 288 g/mol. The van der Waals surface area contributed by atoms with Crippen LogP contribution in [0.4, 0.5) is 0 Å². The summed E-state index contributed by atoms with van der Waals surface area (Å²) in [5.74, 6) is -0.907. The summed E-state index contributed by atoms with van der Waals surface area (Å²) in [7, 11) is 0. The summed E-state index contributed by atoms with van der Waals surface area (Å²) >= 11 is 0. The van der Waals surface area contributed by atoms with Gasteiger partial charge in [0.2, 0.25) is 0 Å². The number of carbonyl (C=O) groups is 1. The van der Waals surface area contributed by atoms with Gasteiger partial charge in [-0.2, -0.15) is 0 Å². The SMILES string of the molecule is Cc1ccccc1-c1ccc(CN2CC[C@@](N)(C(=O)O)C2)cc1. The second-order valence-corrected chi connectivity index (χ2v) is 6.43. The average molecular weight is 310 g/mol. The van der Waals surface area contributed by atoms with Crippen molar-refractivity contribution in [2.45, 2.75) is 25.4 Å². The fraction of sp³-hybridized carbons (Fsp3) is 0.316. The van der Waals surface area contributed by atoms with Crippen molar-refractivity contribution in [1.29, 1.82) is 0 Å². The fourth-order valence-electron chi connectivity index (χ4n) is 3.17. The van der Waals surface area contributed by atoms with Crippen molar-refractivity contribution in [2.24, 2.45) is 5.73 Å². The van der Waals surface area contributed by atoms with Gasteiger partial charge in [0.15, 0.2) is 0 Å². The van der Waals surface area contributed by atoms with E-state index in [-0.39, 0.29) is 0 Å². The van der Waals surface area contributed by atoms with Crippen LogP contribution >= 0.6 is 0 Å². The molecule has 0 unspecified atom stereocenters. The number of aliphatic carboxylic acids is 1. The molecule has 3 rings (SSSR count). The van der Waals surface area contributed by atoms with Gasteiger partial charge in [0.1, 0.15) is 5.54 Å². The van der Waals surface area contributed by atoms with E-state index in [9.17, 15) is 9.90 Å². The highest BCUT2D eigenvalue weighted by molar-refractivity contribution is 5.79. The maximum absolute atomic E-state index is 11.2. The van der Waals surface area contributed by atoms with Gasteiger partial charge in [0, 0.05) is 19.6 Å². The van der Waals surface area contributed by atoms with Crippen LogP contribution in [-0.4, -0.2) is 34.6 Å². The van der Waals surface area contributed by atoms with Gasteiger partial charge in [-0.15, -0.1) is 0 Å². The molecule has 4 nitrogen and oxygen atoms in total. The predicted molar refractivity (Wildman–Crippen MR) is 91.1 cm³/mol. The minimum absolute atomic E-state index is 0.405. The molecule has 0 radical (unpaired) electrons. The number of benzene rings is 2. The molecule has 1 heterocycles. The predicted octanol–water partition coefficient (Wildman–Crippen LogP) is 2.65. The molecule has 2 aromatic rings. The number of nitrogens with zero attached hydrogens (tertiary/aromatic N) is 1. The molecule has 4 heteroatoms. The molecule has 0 amide bonds. The lowest BCUT2D eigenvalue weighted by atomic mass is 9.99. The first-order chi connectivity index (χ1) is 11.0.